The minimum Gasteiger partial charge on any atom is -0.381 e. The Hall–Kier alpha value is -1.64. The molecule has 0 saturated carbocycles. The number of fused-ring (bicyclic) bond motifs is 1. The highest BCUT2D eigenvalue weighted by Crippen LogP contribution is 2.44. The standard InChI is InChI=1S/C16H23N3O4S/c1-18(2)24(21,22)14-6-4-3-5-13(14)19-9-12-10-23-8-7-16(12,11-19)15(17)20/h3-6,12H,7-11H2,1-2H3,(H2,17,20)/t12-,16+/m1/s1. The number of rotatable bonds is 4. The molecule has 24 heavy (non-hydrogen) atoms. The van der Waals surface area contributed by atoms with Gasteiger partial charge in [-0.05, 0) is 18.6 Å². The van der Waals surface area contributed by atoms with E-state index < -0.39 is 15.4 Å². The number of benzene rings is 1. The summed E-state index contributed by atoms with van der Waals surface area (Å²) in [7, 11) is -0.556. The quantitative estimate of drug-likeness (QED) is 0.838. The monoisotopic (exact) mass is 353 g/mol. The molecule has 7 nitrogen and oxygen atoms in total. The van der Waals surface area contributed by atoms with Gasteiger partial charge < -0.3 is 15.4 Å². The molecule has 132 valence electrons. The van der Waals surface area contributed by atoms with E-state index in [0.29, 0.717) is 38.4 Å². The van der Waals surface area contributed by atoms with Crippen molar-refractivity contribution >= 4 is 21.6 Å². The van der Waals surface area contributed by atoms with Gasteiger partial charge in [-0.15, -0.1) is 0 Å². The smallest absolute Gasteiger partial charge is 0.244 e. The van der Waals surface area contributed by atoms with Crippen molar-refractivity contribution in [2.75, 3.05) is 45.3 Å². The Labute approximate surface area is 142 Å². The number of amides is 1. The third-order valence-corrected chi connectivity index (χ3v) is 7.02. The third-order valence-electron chi connectivity index (χ3n) is 5.16. The van der Waals surface area contributed by atoms with Gasteiger partial charge in [0.15, 0.2) is 0 Å². The predicted molar refractivity (Wildman–Crippen MR) is 90.1 cm³/mol. The zero-order chi connectivity index (χ0) is 17.5. The van der Waals surface area contributed by atoms with Crippen molar-refractivity contribution in [3.05, 3.63) is 24.3 Å². The van der Waals surface area contributed by atoms with Crippen LogP contribution in [-0.2, 0) is 19.6 Å². The van der Waals surface area contributed by atoms with Crippen LogP contribution >= 0.6 is 0 Å². The van der Waals surface area contributed by atoms with Crippen molar-refractivity contribution in [2.24, 2.45) is 17.1 Å². The van der Waals surface area contributed by atoms with Gasteiger partial charge in [-0.25, -0.2) is 12.7 Å². The molecule has 2 N–H and O–H groups in total. The van der Waals surface area contributed by atoms with Gasteiger partial charge in [-0.2, -0.15) is 0 Å². The fourth-order valence-corrected chi connectivity index (χ4v) is 4.77. The predicted octanol–water partition coefficient (Wildman–Crippen LogP) is 0.265. The minimum absolute atomic E-state index is 0.0149. The number of carbonyl (C=O) groups is 1. The van der Waals surface area contributed by atoms with Crippen molar-refractivity contribution in [3.8, 4) is 0 Å². The Kier molecular flexibility index (Phi) is 4.31. The molecule has 0 spiro atoms. The molecule has 0 aliphatic carbocycles. The molecule has 2 aliphatic heterocycles. The fourth-order valence-electron chi connectivity index (χ4n) is 3.67. The second kappa shape index (κ2) is 6.02. The van der Waals surface area contributed by atoms with Gasteiger partial charge in [0.25, 0.3) is 0 Å². The zero-order valence-electron chi connectivity index (χ0n) is 13.9. The first-order valence-electron chi connectivity index (χ1n) is 7.93. The lowest BCUT2D eigenvalue weighted by molar-refractivity contribution is -0.135. The number of nitrogens with two attached hydrogens (primary N) is 1. The molecule has 1 aromatic rings. The lowest BCUT2D eigenvalue weighted by Gasteiger charge is -2.35. The number of sulfonamides is 1. The molecule has 2 aliphatic rings. The fraction of sp³-hybridized carbons (Fsp3) is 0.562. The average molecular weight is 353 g/mol. The SMILES string of the molecule is CN(C)S(=O)(=O)c1ccccc1N1C[C@@H]2COCC[C@]2(C(N)=O)C1. The van der Waals surface area contributed by atoms with Crippen LogP contribution in [0.25, 0.3) is 0 Å². The molecule has 1 amide bonds. The van der Waals surface area contributed by atoms with Crippen molar-refractivity contribution in [2.45, 2.75) is 11.3 Å². The van der Waals surface area contributed by atoms with Crippen LogP contribution in [0, 0.1) is 11.3 Å². The van der Waals surface area contributed by atoms with Crippen molar-refractivity contribution in [1.82, 2.24) is 4.31 Å². The molecular formula is C16H23N3O4S. The van der Waals surface area contributed by atoms with Crippen LogP contribution in [0.5, 0.6) is 0 Å². The second-order valence-corrected chi connectivity index (χ2v) is 8.80. The molecule has 0 aromatic heterocycles. The molecule has 2 fully saturated rings. The van der Waals surface area contributed by atoms with Gasteiger partial charge in [-0.1, -0.05) is 12.1 Å². The number of para-hydroxylation sites is 1. The first kappa shape index (κ1) is 17.2. The maximum Gasteiger partial charge on any atom is 0.244 e. The van der Waals surface area contributed by atoms with Crippen LogP contribution in [0.4, 0.5) is 5.69 Å². The lowest BCUT2D eigenvalue weighted by atomic mass is 9.74. The van der Waals surface area contributed by atoms with Gasteiger partial charge in [0, 0.05) is 39.7 Å². The Bertz CT molecular complexity index is 749. The Morgan fingerprint density at radius 2 is 2.08 bits per heavy atom. The van der Waals surface area contributed by atoms with E-state index >= 15 is 0 Å². The number of primary amides is 1. The molecule has 3 rings (SSSR count). The number of hydrogen-bond donors (Lipinski definition) is 1. The topological polar surface area (TPSA) is 92.9 Å². The van der Waals surface area contributed by atoms with E-state index in [0.717, 1.165) is 0 Å². The van der Waals surface area contributed by atoms with Crippen LogP contribution in [-0.4, -0.2) is 59.0 Å². The summed E-state index contributed by atoms with van der Waals surface area (Å²) in [4.78, 5) is 14.3. The molecule has 2 saturated heterocycles. The summed E-state index contributed by atoms with van der Waals surface area (Å²) < 4.78 is 32.0. The van der Waals surface area contributed by atoms with Gasteiger partial charge in [0.1, 0.15) is 4.90 Å². The average Bonchev–Trinajstić information content (AvgIpc) is 2.95. The molecule has 2 heterocycles. The van der Waals surface area contributed by atoms with E-state index in [2.05, 4.69) is 0 Å². The van der Waals surface area contributed by atoms with Crippen molar-refractivity contribution < 1.29 is 17.9 Å². The van der Waals surface area contributed by atoms with E-state index in [1.54, 1.807) is 24.3 Å². The molecular weight excluding hydrogens is 330 g/mol. The summed E-state index contributed by atoms with van der Waals surface area (Å²) in [5, 5.41) is 0. The highest BCUT2D eigenvalue weighted by atomic mass is 32.2. The van der Waals surface area contributed by atoms with Gasteiger partial charge in [0.2, 0.25) is 15.9 Å². The highest BCUT2D eigenvalue weighted by molar-refractivity contribution is 7.89. The second-order valence-electron chi connectivity index (χ2n) is 6.68. The van der Waals surface area contributed by atoms with Crippen molar-refractivity contribution in [1.29, 1.82) is 0 Å². The summed E-state index contributed by atoms with van der Waals surface area (Å²) in [5.41, 5.74) is 5.67. The van der Waals surface area contributed by atoms with E-state index in [1.165, 1.54) is 18.4 Å². The Balaban J connectivity index is 2.02. The maximum atomic E-state index is 12.6. The third kappa shape index (κ3) is 2.58. The minimum atomic E-state index is -3.57. The molecule has 0 unspecified atom stereocenters. The van der Waals surface area contributed by atoms with E-state index in [9.17, 15) is 13.2 Å². The van der Waals surface area contributed by atoms with E-state index in [-0.39, 0.29) is 16.7 Å². The van der Waals surface area contributed by atoms with Crippen LogP contribution < -0.4 is 10.6 Å². The number of nitrogens with zero attached hydrogens (tertiary/aromatic N) is 2. The number of hydrogen-bond acceptors (Lipinski definition) is 5. The molecule has 1 aromatic carbocycles. The first-order valence-corrected chi connectivity index (χ1v) is 9.37. The summed E-state index contributed by atoms with van der Waals surface area (Å²) in [6.45, 7) is 1.96. The van der Waals surface area contributed by atoms with Crippen molar-refractivity contribution in [3.63, 3.8) is 0 Å². The lowest BCUT2D eigenvalue weighted by Crippen LogP contribution is -2.48. The molecule has 0 radical (unpaired) electrons. The Morgan fingerprint density at radius 3 is 2.71 bits per heavy atom. The van der Waals surface area contributed by atoms with Crippen LogP contribution in [0.1, 0.15) is 6.42 Å². The molecule has 2 atom stereocenters. The molecule has 0 bridgehead atoms. The van der Waals surface area contributed by atoms with Crippen LogP contribution in [0.3, 0.4) is 0 Å². The number of anilines is 1. The summed E-state index contributed by atoms with van der Waals surface area (Å²) in [5.74, 6) is -0.342. The normalized spacial score (nSPS) is 27.3. The number of ether oxygens (including phenoxy) is 1. The van der Waals surface area contributed by atoms with Crippen LogP contribution in [0.2, 0.25) is 0 Å². The highest BCUT2D eigenvalue weighted by Gasteiger charge is 2.53. The summed E-state index contributed by atoms with van der Waals surface area (Å²) >= 11 is 0. The van der Waals surface area contributed by atoms with Crippen LogP contribution in [0.15, 0.2) is 29.2 Å². The largest absolute Gasteiger partial charge is 0.381 e. The molecule has 8 heteroatoms. The zero-order valence-corrected chi connectivity index (χ0v) is 14.8. The van der Waals surface area contributed by atoms with E-state index in [4.69, 9.17) is 10.5 Å². The summed E-state index contributed by atoms with van der Waals surface area (Å²) in [6.07, 6.45) is 0.575. The first-order chi connectivity index (χ1) is 11.3. The summed E-state index contributed by atoms with van der Waals surface area (Å²) in [6, 6.07) is 6.89. The van der Waals surface area contributed by atoms with Gasteiger partial charge in [0.05, 0.1) is 17.7 Å². The maximum absolute atomic E-state index is 12.6. The number of carbonyl (C=O) groups excluding carboxylic acids is 1. The van der Waals surface area contributed by atoms with E-state index in [1.807, 2.05) is 4.90 Å². The van der Waals surface area contributed by atoms with Gasteiger partial charge in [-0.3, -0.25) is 4.79 Å². The van der Waals surface area contributed by atoms with Gasteiger partial charge >= 0.3 is 0 Å². The Morgan fingerprint density at radius 1 is 1.38 bits per heavy atom.